The molecule has 2 rings (SSSR count). The molecule has 1 fully saturated rings. The first-order valence-corrected chi connectivity index (χ1v) is 9.42. The van der Waals surface area contributed by atoms with E-state index in [-0.39, 0.29) is 23.9 Å². The number of amides is 3. The van der Waals surface area contributed by atoms with E-state index in [2.05, 4.69) is 10.6 Å². The molecule has 9 nitrogen and oxygen atoms in total. The van der Waals surface area contributed by atoms with Crippen LogP contribution in [0.1, 0.15) is 32.8 Å². The van der Waals surface area contributed by atoms with E-state index in [9.17, 15) is 24.3 Å². The van der Waals surface area contributed by atoms with Gasteiger partial charge in [-0.1, -0.05) is 26.0 Å². The lowest BCUT2D eigenvalue weighted by atomic mass is 10.0. The van der Waals surface area contributed by atoms with E-state index in [0.29, 0.717) is 12.0 Å². The number of hydrogen-bond donors (Lipinski definition) is 4. The average molecular weight is 405 g/mol. The SMILES string of the molecule is CC(=O)C1OC1C(=O)N[C@@H](CC(C)C)C(=O)NC(Cc1ccc(O)cc1)C(N)=O. The van der Waals surface area contributed by atoms with E-state index < -0.39 is 42.0 Å². The first kappa shape index (κ1) is 22.4. The molecule has 0 bridgehead atoms. The summed E-state index contributed by atoms with van der Waals surface area (Å²) >= 11 is 0. The number of aromatic hydroxyl groups is 1. The minimum Gasteiger partial charge on any atom is -0.508 e. The Morgan fingerprint density at radius 1 is 1.07 bits per heavy atom. The maximum absolute atomic E-state index is 12.8. The van der Waals surface area contributed by atoms with Crippen molar-refractivity contribution < 1.29 is 29.0 Å². The molecule has 4 atom stereocenters. The van der Waals surface area contributed by atoms with E-state index in [1.807, 2.05) is 13.8 Å². The van der Waals surface area contributed by atoms with Crippen LogP contribution in [0.2, 0.25) is 0 Å². The number of nitrogens with one attached hydrogen (secondary N) is 2. The average Bonchev–Trinajstić information content (AvgIpc) is 3.43. The molecule has 0 aliphatic carbocycles. The Morgan fingerprint density at radius 3 is 2.17 bits per heavy atom. The van der Waals surface area contributed by atoms with E-state index in [4.69, 9.17) is 10.5 Å². The summed E-state index contributed by atoms with van der Waals surface area (Å²) in [5, 5.41) is 14.5. The Balaban J connectivity index is 2.04. The van der Waals surface area contributed by atoms with Crippen molar-refractivity contribution in [1.29, 1.82) is 0 Å². The van der Waals surface area contributed by atoms with Gasteiger partial charge in [0.25, 0.3) is 5.91 Å². The van der Waals surface area contributed by atoms with Gasteiger partial charge in [-0.3, -0.25) is 19.2 Å². The predicted octanol–water partition coefficient (Wildman–Crippen LogP) is -0.208. The second-order valence-corrected chi connectivity index (χ2v) is 7.61. The van der Waals surface area contributed by atoms with Crippen molar-refractivity contribution in [2.45, 2.75) is 57.9 Å². The van der Waals surface area contributed by atoms with Gasteiger partial charge in [-0.2, -0.15) is 0 Å². The number of phenols is 1. The lowest BCUT2D eigenvalue weighted by molar-refractivity contribution is -0.132. The Hall–Kier alpha value is -2.94. The molecule has 3 unspecified atom stereocenters. The molecular formula is C20H27N3O6. The number of nitrogens with two attached hydrogens (primary N) is 1. The molecule has 3 amide bonds. The third kappa shape index (κ3) is 6.56. The van der Waals surface area contributed by atoms with Crippen LogP contribution in [0.3, 0.4) is 0 Å². The quantitative estimate of drug-likeness (QED) is 0.396. The number of benzene rings is 1. The molecule has 1 aliphatic heterocycles. The summed E-state index contributed by atoms with van der Waals surface area (Å²) in [5.41, 5.74) is 6.13. The normalized spacial score (nSPS) is 19.9. The van der Waals surface area contributed by atoms with Gasteiger partial charge < -0.3 is 26.2 Å². The number of carbonyl (C=O) groups is 4. The molecular weight excluding hydrogens is 378 g/mol. The Labute approximate surface area is 169 Å². The van der Waals surface area contributed by atoms with Gasteiger partial charge in [-0.15, -0.1) is 0 Å². The molecule has 5 N–H and O–H groups in total. The molecule has 0 aromatic heterocycles. The number of phenolic OH excluding ortho intramolecular Hbond substituents is 1. The van der Waals surface area contributed by atoms with Crippen LogP contribution >= 0.6 is 0 Å². The van der Waals surface area contributed by atoms with Crippen LogP contribution in [0, 0.1) is 5.92 Å². The van der Waals surface area contributed by atoms with Crippen LogP contribution in [-0.4, -0.2) is 52.9 Å². The van der Waals surface area contributed by atoms with Crippen LogP contribution in [0.5, 0.6) is 5.75 Å². The Bertz CT molecular complexity index is 777. The highest BCUT2D eigenvalue weighted by Crippen LogP contribution is 2.23. The monoisotopic (exact) mass is 405 g/mol. The summed E-state index contributed by atoms with van der Waals surface area (Å²) in [4.78, 5) is 48.1. The maximum atomic E-state index is 12.8. The van der Waals surface area contributed by atoms with Crippen LogP contribution in [0.15, 0.2) is 24.3 Å². The standard InChI is InChI=1S/C20H27N3O6/c1-10(2)8-15(23-20(28)17-16(29-17)11(3)24)19(27)22-14(18(21)26)9-12-4-6-13(25)7-5-12/h4-7,10,14-17,25H,8-9H2,1-3H3,(H2,21,26)(H,22,27)(H,23,28)/t14?,15-,16?,17?/m0/s1. The molecule has 0 saturated carbocycles. The number of carbonyl (C=O) groups excluding carboxylic acids is 4. The zero-order valence-electron chi connectivity index (χ0n) is 16.7. The van der Waals surface area contributed by atoms with Crippen LogP contribution in [0.4, 0.5) is 0 Å². The van der Waals surface area contributed by atoms with Gasteiger partial charge in [0.15, 0.2) is 18.0 Å². The van der Waals surface area contributed by atoms with Gasteiger partial charge in [-0.25, -0.2) is 0 Å². The van der Waals surface area contributed by atoms with Gasteiger partial charge in [0, 0.05) is 6.42 Å². The molecule has 9 heteroatoms. The molecule has 0 radical (unpaired) electrons. The maximum Gasteiger partial charge on any atom is 0.253 e. The molecule has 0 spiro atoms. The second-order valence-electron chi connectivity index (χ2n) is 7.61. The number of ether oxygens (including phenoxy) is 1. The molecule has 1 aromatic carbocycles. The zero-order chi connectivity index (χ0) is 21.7. The van der Waals surface area contributed by atoms with Gasteiger partial charge in [0.1, 0.15) is 17.8 Å². The summed E-state index contributed by atoms with van der Waals surface area (Å²) in [5.74, 6) is -1.89. The van der Waals surface area contributed by atoms with Crippen LogP contribution in [0.25, 0.3) is 0 Å². The fourth-order valence-electron chi connectivity index (χ4n) is 2.94. The molecule has 158 valence electrons. The molecule has 1 aromatic rings. The van der Waals surface area contributed by atoms with Crippen molar-refractivity contribution >= 4 is 23.5 Å². The molecule has 1 saturated heterocycles. The highest BCUT2D eigenvalue weighted by atomic mass is 16.6. The molecule has 1 aliphatic rings. The first-order valence-electron chi connectivity index (χ1n) is 9.42. The van der Waals surface area contributed by atoms with E-state index >= 15 is 0 Å². The Morgan fingerprint density at radius 2 is 1.69 bits per heavy atom. The number of Topliss-reactive ketones (excluding diaryl/α,β-unsaturated/α-hetero) is 1. The van der Waals surface area contributed by atoms with Crippen molar-refractivity contribution in [3.05, 3.63) is 29.8 Å². The van der Waals surface area contributed by atoms with Crippen LogP contribution < -0.4 is 16.4 Å². The lowest BCUT2D eigenvalue weighted by Gasteiger charge is -2.23. The minimum atomic E-state index is -0.985. The van der Waals surface area contributed by atoms with Crippen molar-refractivity contribution in [1.82, 2.24) is 10.6 Å². The van der Waals surface area contributed by atoms with Crippen molar-refractivity contribution in [3.8, 4) is 5.75 Å². The summed E-state index contributed by atoms with van der Waals surface area (Å²) in [6, 6.07) is 4.30. The Kier molecular flexibility index (Phi) is 7.33. The van der Waals surface area contributed by atoms with Gasteiger partial charge in [0.2, 0.25) is 11.8 Å². The van der Waals surface area contributed by atoms with Gasteiger partial charge >= 0.3 is 0 Å². The topological polar surface area (TPSA) is 151 Å². The molecule has 1 heterocycles. The predicted molar refractivity (Wildman–Crippen MR) is 104 cm³/mol. The van der Waals surface area contributed by atoms with E-state index in [1.165, 1.54) is 19.1 Å². The summed E-state index contributed by atoms with van der Waals surface area (Å²) in [6.45, 7) is 5.11. The summed E-state index contributed by atoms with van der Waals surface area (Å²) < 4.78 is 5.05. The third-order valence-electron chi connectivity index (χ3n) is 4.53. The van der Waals surface area contributed by atoms with Crippen molar-refractivity contribution in [2.24, 2.45) is 11.7 Å². The van der Waals surface area contributed by atoms with Gasteiger partial charge in [-0.05, 0) is 37.0 Å². The fraction of sp³-hybridized carbons (Fsp3) is 0.500. The van der Waals surface area contributed by atoms with E-state index in [1.54, 1.807) is 12.1 Å². The van der Waals surface area contributed by atoms with Crippen molar-refractivity contribution in [3.63, 3.8) is 0 Å². The van der Waals surface area contributed by atoms with Gasteiger partial charge in [0.05, 0.1) is 0 Å². The number of ketones is 1. The summed E-state index contributed by atoms with van der Waals surface area (Å²) in [7, 11) is 0. The third-order valence-corrected chi connectivity index (χ3v) is 4.53. The largest absolute Gasteiger partial charge is 0.508 e. The second kappa shape index (κ2) is 9.51. The number of primary amides is 1. The highest BCUT2D eigenvalue weighted by molar-refractivity contribution is 5.97. The lowest BCUT2D eigenvalue weighted by Crippen LogP contribution is -2.54. The fourth-order valence-corrected chi connectivity index (χ4v) is 2.94. The van der Waals surface area contributed by atoms with Crippen molar-refractivity contribution in [2.75, 3.05) is 0 Å². The smallest absolute Gasteiger partial charge is 0.253 e. The minimum absolute atomic E-state index is 0.0823. The van der Waals surface area contributed by atoms with Crippen LogP contribution in [-0.2, 0) is 30.3 Å². The van der Waals surface area contributed by atoms with E-state index in [0.717, 1.165) is 0 Å². The highest BCUT2D eigenvalue weighted by Gasteiger charge is 2.49. The number of epoxide rings is 1. The summed E-state index contributed by atoms with van der Waals surface area (Å²) in [6.07, 6.45) is -1.19. The number of rotatable bonds is 10. The zero-order valence-corrected chi connectivity index (χ0v) is 16.7. The molecule has 29 heavy (non-hydrogen) atoms. The number of hydrogen-bond acceptors (Lipinski definition) is 6. The first-order chi connectivity index (χ1) is 13.6.